The number of hydrogen-bond acceptors (Lipinski definition) is 9. The Morgan fingerprint density at radius 1 is 0.864 bits per heavy atom. The Labute approximate surface area is 404 Å². The number of carbonyl (C=O) groups excluding carboxylic acids is 5. The number of nitrogens with zero attached hydrogens (tertiary/aromatic N) is 2. The van der Waals surface area contributed by atoms with Gasteiger partial charge in [0.2, 0.25) is 31.0 Å². The molecule has 1 fully saturated rings. The standard InChI is InChI=1S/C14H30N2O2.C13H26N2O3.C10H19NO2.C10H13NO.C3H8.C2H6/c1-12(2,3)16-11(17)8-9-14(6,7)18-10-13(4,5)15;1-6-10(3)13(11(7-2)18-5)15(4)12(17)8-14-9-16;1-8(2)10(13-3)9-5-4-6-11(9)7-12;12-9-11-8-7-10-5-3-1-2-4-6-10;1-3-2;1-2/h8-10,15H2,1-7H3,(H,16,17);9-11,13H,6-8H2,1-5H3,(H,14,16);7-10H,4-6H2,1-3H3;1-6,9-10H,7-8H2,(H,11,12);3H2,1-2H3;1-2H3. The minimum absolute atomic E-state index is 0.0186. The van der Waals surface area contributed by atoms with Crippen LogP contribution in [0.2, 0.25) is 0 Å². The Hall–Kier alpha value is -3.59. The van der Waals surface area contributed by atoms with Gasteiger partial charge in [-0.2, -0.15) is 0 Å². The van der Waals surface area contributed by atoms with Crippen LogP contribution in [0.4, 0.5) is 0 Å². The third-order valence-electron chi connectivity index (χ3n) is 10.3. The van der Waals surface area contributed by atoms with E-state index in [0.29, 0.717) is 49.7 Å². The normalized spacial score (nSPS) is 16.2. The number of nitrogens with one attached hydrogen (secondary N) is 3. The van der Waals surface area contributed by atoms with E-state index in [0.717, 1.165) is 58.0 Å². The van der Waals surface area contributed by atoms with Crippen LogP contribution in [-0.2, 0) is 38.2 Å². The van der Waals surface area contributed by atoms with Gasteiger partial charge in [-0.1, -0.05) is 112 Å². The topological polar surface area (TPSA) is 182 Å². The molecule has 1 heterocycles. The molecule has 0 aromatic heterocycles. The average molecular weight is 939 g/mol. The van der Waals surface area contributed by atoms with Crippen LogP contribution in [0, 0.1) is 17.8 Å². The minimum atomic E-state index is -0.342. The van der Waals surface area contributed by atoms with E-state index >= 15 is 0 Å². The molecule has 0 aromatic rings. The first-order valence-corrected chi connectivity index (χ1v) is 24.5. The first-order chi connectivity index (χ1) is 30.9. The number of ether oxygens (including phenoxy) is 3. The zero-order chi connectivity index (χ0) is 51.9. The summed E-state index contributed by atoms with van der Waals surface area (Å²) >= 11 is 0. The van der Waals surface area contributed by atoms with Crippen molar-refractivity contribution in [1.29, 1.82) is 0 Å². The number of likely N-dealkylation sites (tertiary alicyclic amines) is 1. The summed E-state index contributed by atoms with van der Waals surface area (Å²) in [6.07, 6.45) is 22.2. The summed E-state index contributed by atoms with van der Waals surface area (Å²) in [4.78, 5) is 58.1. The molecule has 2 aliphatic rings. The molecule has 66 heavy (non-hydrogen) atoms. The smallest absolute Gasteiger partial charge is 0.242 e. The molecule has 0 spiro atoms. The van der Waals surface area contributed by atoms with Crippen LogP contribution in [0.1, 0.15) is 162 Å². The highest BCUT2D eigenvalue weighted by atomic mass is 16.5. The maximum absolute atomic E-state index is 11.9. The molecular formula is C52H102N6O8. The van der Waals surface area contributed by atoms with Gasteiger partial charge in [-0.05, 0) is 98.3 Å². The van der Waals surface area contributed by atoms with E-state index in [1.165, 1.54) is 6.42 Å². The fourth-order valence-corrected chi connectivity index (χ4v) is 6.84. The molecule has 0 aromatic carbocycles. The Morgan fingerprint density at radius 3 is 1.82 bits per heavy atom. The van der Waals surface area contributed by atoms with E-state index in [9.17, 15) is 24.0 Å². The van der Waals surface area contributed by atoms with Gasteiger partial charge >= 0.3 is 0 Å². The number of allylic oxidation sites excluding steroid dienone is 6. The number of hydrogen-bond donors (Lipinski definition) is 4. The third-order valence-corrected chi connectivity index (χ3v) is 10.3. The van der Waals surface area contributed by atoms with Gasteiger partial charge in [0, 0.05) is 51.9 Å². The summed E-state index contributed by atoms with van der Waals surface area (Å²) < 4.78 is 16.7. The first kappa shape index (κ1) is 69.0. The monoisotopic (exact) mass is 939 g/mol. The van der Waals surface area contributed by atoms with Crippen LogP contribution in [0.5, 0.6) is 0 Å². The van der Waals surface area contributed by atoms with E-state index in [1.54, 1.807) is 26.2 Å². The number of rotatable bonds is 23. The highest BCUT2D eigenvalue weighted by molar-refractivity contribution is 5.80. The predicted molar refractivity (Wildman–Crippen MR) is 275 cm³/mol. The third kappa shape index (κ3) is 36.5. The molecule has 5 atom stereocenters. The van der Waals surface area contributed by atoms with Crippen molar-refractivity contribution in [2.45, 2.75) is 203 Å². The van der Waals surface area contributed by atoms with Crippen molar-refractivity contribution >= 4 is 31.0 Å². The van der Waals surface area contributed by atoms with Crippen LogP contribution in [0.15, 0.2) is 36.5 Å². The lowest BCUT2D eigenvalue weighted by Gasteiger charge is -2.37. The average Bonchev–Trinajstić information content (AvgIpc) is 3.57. The van der Waals surface area contributed by atoms with Crippen LogP contribution in [0.3, 0.4) is 0 Å². The van der Waals surface area contributed by atoms with Gasteiger partial charge in [0.1, 0.15) is 0 Å². The number of likely N-dealkylation sites (N-methyl/N-ethyl adjacent to an activating group) is 1. The van der Waals surface area contributed by atoms with E-state index in [4.69, 9.17) is 19.9 Å². The van der Waals surface area contributed by atoms with Crippen LogP contribution in [-0.4, -0.2) is 129 Å². The van der Waals surface area contributed by atoms with Crippen molar-refractivity contribution < 1.29 is 38.2 Å². The summed E-state index contributed by atoms with van der Waals surface area (Å²) in [6.45, 7) is 34.7. The van der Waals surface area contributed by atoms with E-state index in [-0.39, 0.29) is 53.3 Å². The van der Waals surface area contributed by atoms with E-state index in [1.807, 2.05) is 98.4 Å². The Kier molecular flexibility index (Phi) is 42.3. The van der Waals surface area contributed by atoms with Gasteiger partial charge < -0.3 is 45.7 Å². The highest BCUT2D eigenvalue weighted by Gasteiger charge is 2.33. The minimum Gasteiger partial charge on any atom is -0.379 e. The molecule has 5 amide bonds. The highest BCUT2D eigenvalue weighted by Crippen LogP contribution is 2.25. The lowest BCUT2D eigenvalue weighted by Crippen LogP contribution is -2.51. The molecule has 0 radical (unpaired) electrons. The fourth-order valence-electron chi connectivity index (χ4n) is 6.84. The molecule has 5 N–H and O–H groups in total. The number of carbonyl (C=O) groups is 5. The number of amides is 5. The van der Waals surface area contributed by atoms with Gasteiger partial charge in [0.05, 0.1) is 43.0 Å². The van der Waals surface area contributed by atoms with Gasteiger partial charge in [-0.25, -0.2) is 0 Å². The lowest BCUT2D eigenvalue weighted by atomic mass is 9.91. The molecule has 14 heteroatoms. The summed E-state index contributed by atoms with van der Waals surface area (Å²) in [6, 6.07) is 0.327. The summed E-state index contributed by atoms with van der Waals surface area (Å²) in [5.74, 6) is 1.23. The van der Waals surface area contributed by atoms with Gasteiger partial charge in [-0.3, -0.25) is 24.0 Å². The molecule has 14 nitrogen and oxygen atoms in total. The number of nitrogens with two attached hydrogens (primary N) is 1. The van der Waals surface area contributed by atoms with Crippen LogP contribution >= 0.6 is 0 Å². The van der Waals surface area contributed by atoms with Crippen molar-refractivity contribution in [2.75, 3.05) is 47.5 Å². The van der Waals surface area contributed by atoms with Gasteiger partial charge in [-0.15, -0.1) is 0 Å². The molecule has 1 saturated heterocycles. The molecule has 388 valence electrons. The summed E-state index contributed by atoms with van der Waals surface area (Å²) in [7, 11) is 5.17. The Balaban J connectivity index is -0.000000379. The predicted octanol–water partition coefficient (Wildman–Crippen LogP) is 8.39. The largest absolute Gasteiger partial charge is 0.379 e. The van der Waals surface area contributed by atoms with Crippen molar-refractivity contribution in [3.8, 4) is 0 Å². The summed E-state index contributed by atoms with van der Waals surface area (Å²) in [5.41, 5.74) is 5.03. The Bertz CT molecular complexity index is 1300. The second-order valence-electron chi connectivity index (χ2n) is 19.3. The second kappa shape index (κ2) is 40.5. The molecule has 1 aliphatic carbocycles. The van der Waals surface area contributed by atoms with Crippen molar-refractivity contribution in [2.24, 2.45) is 23.5 Å². The molecular weight excluding hydrogens is 837 g/mol. The maximum atomic E-state index is 11.9. The van der Waals surface area contributed by atoms with Crippen molar-refractivity contribution in [3.63, 3.8) is 0 Å². The maximum Gasteiger partial charge on any atom is 0.242 e. The van der Waals surface area contributed by atoms with Crippen molar-refractivity contribution in [3.05, 3.63) is 36.5 Å². The number of methoxy groups -OCH3 is 2. The van der Waals surface area contributed by atoms with E-state index in [2.05, 4.69) is 69.6 Å². The van der Waals surface area contributed by atoms with Crippen molar-refractivity contribution in [1.82, 2.24) is 25.8 Å². The summed E-state index contributed by atoms with van der Waals surface area (Å²) in [5, 5.41) is 8.00. The Morgan fingerprint density at radius 2 is 1.41 bits per heavy atom. The molecule has 0 bridgehead atoms. The molecule has 1 aliphatic heterocycles. The van der Waals surface area contributed by atoms with E-state index < -0.39 is 0 Å². The second-order valence-corrected chi connectivity index (χ2v) is 19.3. The van der Waals surface area contributed by atoms with Crippen LogP contribution < -0.4 is 21.7 Å². The quantitative estimate of drug-likeness (QED) is 0.0578. The molecule has 2 rings (SSSR count). The zero-order valence-corrected chi connectivity index (χ0v) is 45.5. The van der Waals surface area contributed by atoms with Gasteiger partial charge in [0.15, 0.2) is 0 Å². The SMILES string of the molecule is CC.CC(C)(N)COC(C)(C)CCC(=O)NC(C)(C)C.CCC.CCC(C)C(C(CC)OC)N(C)C(=O)CNC=O.COC(C(C)C)C1CCCN1C=O.O=CNCCC1C=CC=CC=C1. The van der Waals surface area contributed by atoms with Crippen LogP contribution in [0.25, 0.3) is 0 Å². The molecule has 0 saturated carbocycles. The molecule has 5 unspecified atom stereocenters. The lowest BCUT2D eigenvalue weighted by molar-refractivity contribution is -0.136. The fraction of sp³-hybridized carbons (Fsp3) is 0.788. The van der Waals surface area contributed by atoms with Gasteiger partial charge in [0.25, 0.3) is 0 Å². The zero-order valence-electron chi connectivity index (χ0n) is 45.5. The first-order valence-electron chi connectivity index (χ1n) is 24.5.